The molecule has 6 heteroatoms. The minimum absolute atomic E-state index is 0.331. The van der Waals surface area contributed by atoms with Crippen molar-refractivity contribution in [3.63, 3.8) is 0 Å². The summed E-state index contributed by atoms with van der Waals surface area (Å²) in [4.78, 5) is 8.78. The Hall–Kier alpha value is -1.73. The first-order valence-electron chi connectivity index (χ1n) is 8.41. The third-order valence-electron chi connectivity index (χ3n) is 4.22. The summed E-state index contributed by atoms with van der Waals surface area (Å²) in [6, 6.07) is 7.83. The first-order valence-corrected chi connectivity index (χ1v) is 8.41. The summed E-state index contributed by atoms with van der Waals surface area (Å²) in [5.74, 6) is 0.784. The highest BCUT2D eigenvalue weighted by Crippen LogP contribution is 2.09. The van der Waals surface area contributed by atoms with Crippen LogP contribution in [-0.4, -0.2) is 65.3 Å². The molecular weight excluding hydrogens is 306 g/mol. The fourth-order valence-corrected chi connectivity index (χ4v) is 2.92. The van der Waals surface area contributed by atoms with Gasteiger partial charge < -0.3 is 14.3 Å². The first-order chi connectivity index (χ1) is 11.8. The number of hydrogen-bond donors (Lipinski definition) is 1. The molecule has 6 nitrogen and oxygen atoms in total. The Labute approximate surface area is 142 Å². The molecule has 1 saturated heterocycles. The quantitative estimate of drug-likeness (QED) is 0.788. The van der Waals surface area contributed by atoms with Gasteiger partial charge in [-0.2, -0.15) is 0 Å². The van der Waals surface area contributed by atoms with Crippen LogP contribution in [0.1, 0.15) is 11.3 Å². The van der Waals surface area contributed by atoms with Crippen molar-refractivity contribution in [2.45, 2.75) is 19.3 Å². The van der Waals surface area contributed by atoms with Crippen LogP contribution in [0, 0.1) is 0 Å². The van der Waals surface area contributed by atoms with E-state index in [1.54, 1.807) is 6.26 Å². The summed E-state index contributed by atoms with van der Waals surface area (Å²) in [5.41, 5.74) is 1.30. The Kier molecular flexibility index (Phi) is 6.37. The van der Waals surface area contributed by atoms with E-state index in [2.05, 4.69) is 26.9 Å². The summed E-state index contributed by atoms with van der Waals surface area (Å²) in [7, 11) is 0. The predicted molar refractivity (Wildman–Crippen MR) is 90.3 cm³/mol. The van der Waals surface area contributed by atoms with Crippen molar-refractivity contribution >= 4 is 0 Å². The van der Waals surface area contributed by atoms with E-state index in [9.17, 15) is 5.11 Å². The Morgan fingerprint density at radius 1 is 1.12 bits per heavy atom. The van der Waals surface area contributed by atoms with Crippen LogP contribution in [0.4, 0.5) is 0 Å². The molecule has 0 aliphatic carbocycles. The molecule has 0 bridgehead atoms. The van der Waals surface area contributed by atoms with Crippen LogP contribution in [-0.2, 0) is 17.9 Å². The molecule has 24 heavy (non-hydrogen) atoms. The average molecular weight is 331 g/mol. The molecule has 1 atom stereocenters. The molecule has 130 valence electrons. The number of aliphatic hydroxyl groups is 1. The Bertz CT molecular complexity index is 568. The van der Waals surface area contributed by atoms with Gasteiger partial charge in [-0.25, -0.2) is 0 Å². The van der Waals surface area contributed by atoms with Crippen LogP contribution in [0.15, 0.2) is 47.3 Å². The largest absolute Gasteiger partial charge is 0.467 e. The number of aliphatic hydroxyl groups excluding tert-OH is 1. The minimum Gasteiger partial charge on any atom is -0.467 e. The molecular formula is C18H25N3O3. The van der Waals surface area contributed by atoms with Crippen molar-refractivity contribution in [3.8, 4) is 0 Å². The van der Waals surface area contributed by atoms with Gasteiger partial charge in [0, 0.05) is 51.7 Å². The molecule has 0 amide bonds. The SMILES string of the molecule is OC(COCc1ccco1)CN1CCN(Cc2ccncc2)CC1. The number of piperazine rings is 1. The number of aromatic nitrogens is 1. The Morgan fingerprint density at radius 2 is 1.88 bits per heavy atom. The maximum absolute atomic E-state index is 10.1. The average Bonchev–Trinajstić information content (AvgIpc) is 3.11. The van der Waals surface area contributed by atoms with Crippen LogP contribution in [0.3, 0.4) is 0 Å². The number of hydrogen-bond acceptors (Lipinski definition) is 6. The molecule has 0 radical (unpaired) electrons. The van der Waals surface area contributed by atoms with Crippen LogP contribution in [0.25, 0.3) is 0 Å². The molecule has 1 aliphatic heterocycles. The highest BCUT2D eigenvalue weighted by molar-refractivity contribution is 5.09. The second-order valence-corrected chi connectivity index (χ2v) is 6.18. The molecule has 1 unspecified atom stereocenters. The molecule has 0 spiro atoms. The van der Waals surface area contributed by atoms with Crippen molar-refractivity contribution in [1.82, 2.24) is 14.8 Å². The smallest absolute Gasteiger partial charge is 0.129 e. The Morgan fingerprint density at radius 3 is 2.58 bits per heavy atom. The van der Waals surface area contributed by atoms with Crippen LogP contribution < -0.4 is 0 Å². The lowest BCUT2D eigenvalue weighted by atomic mass is 10.2. The third-order valence-corrected chi connectivity index (χ3v) is 4.22. The monoisotopic (exact) mass is 331 g/mol. The molecule has 3 heterocycles. The number of rotatable bonds is 8. The standard InChI is InChI=1S/C18H25N3O3/c22-17(14-23-15-18-2-1-11-24-18)13-21-9-7-20(8-10-21)12-16-3-5-19-6-4-16/h1-6,11,17,22H,7-10,12-15H2. The van der Waals surface area contributed by atoms with E-state index in [4.69, 9.17) is 9.15 Å². The van der Waals surface area contributed by atoms with Crippen LogP contribution in [0.2, 0.25) is 0 Å². The lowest BCUT2D eigenvalue weighted by Crippen LogP contribution is -2.48. The van der Waals surface area contributed by atoms with Crippen LogP contribution >= 0.6 is 0 Å². The van der Waals surface area contributed by atoms with Gasteiger partial charge in [0.2, 0.25) is 0 Å². The van der Waals surface area contributed by atoms with Gasteiger partial charge in [0.1, 0.15) is 12.4 Å². The van der Waals surface area contributed by atoms with Crippen molar-refractivity contribution in [2.24, 2.45) is 0 Å². The summed E-state index contributed by atoms with van der Waals surface area (Å²) in [6.45, 7) is 6.33. The van der Waals surface area contributed by atoms with Crippen molar-refractivity contribution in [2.75, 3.05) is 39.3 Å². The third kappa shape index (κ3) is 5.42. The maximum atomic E-state index is 10.1. The summed E-state index contributed by atoms with van der Waals surface area (Å²) < 4.78 is 10.7. The van der Waals surface area contributed by atoms with Gasteiger partial charge in [-0.15, -0.1) is 0 Å². The number of β-amino-alcohol motifs (C(OH)–C–C–N with tert-alkyl or cyclic N) is 1. The zero-order chi connectivity index (χ0) is 16.6. The molecule has 1 fully saturated rings. The molecule has 3 rings (SSSR count). The highest BCUT2D eigenvalue weighted by Gasteiger charge is 2.19. The van der Waals surface area contributed by atoms with E-state index in [1.165, 1.54) is 5.56 Å². The first kappa shape index (κ1) is 17.1. The maximum Gasteiger partial charge on any atom is 0.129 e. The number of pyridine rings is 1. The fourth-order valence-electron chi connectivity index (χ4n) is 2.92. The van der Waals surface area contributed by atoms with E-state index in [0.717, 1.165) is 38.5 Å². The van der Waals surface area contributed by atoms with Crippen LogP contribution in [0.5, 0.6) is 0 Å². The lowest BCUT2D eigenvalue weighted by molar-refractivity contribution is -0.00308. The van der Waals surface area contributed by atoms with E-state index in [-0.39, 0.29) is 0 Å². The van der Waals surface area contributed by atoms with E-state index in [1.807, 2.05) is 24.5 Å². The second-order valence-electron chi connectivity index (χ2n) is 6.18. The van der Waals surface area contributed by atoms with Gasteiger partial charge >= 0.3 is 0 Å². The minimum atomic E-state index is -0.466. The van der Waals surface area contributed by atoms with Gasteiger partial charge in [0.05, 0.1) is 19.0 Å². The second kappa shape index (κ2) is 8.94. The van der Waals surface area contributed by atoms with E-state index < -0.39 is 6.10 Å². The molecule has 2 aromatic rings. The summed E-state index contributed by atoms with van der Waals surface area (Å²) >= 11 is 0. The zero-order valence-corrected chi connectivity index (χ0v) is 13.9. The fraction of sp³-hybridized carbons (Fsp3) is 0.500. The summed E-state index contributed by atoms with van der Waals surface area (Å²) in [5, 5.41) is 10.1. The summed E-state index contributed by atoms with van der Waals surface area (Å²) in [6.07, 6.45) is 4.84. The van der Waals surface area contributed by atoms with Crippen molar-refractivity contribution in [1.29, 1.82) is 0 Å². The van der Waals surface area contributed by atoms with Gasteiger partial charge in [-0.1, -0.05) is 0 Å². The van der Waals surface area contributed by atoms with Crippen molar-refractivity contribution < 1.29 is 14.3 Å². The molecule has 0 saturated carbocycles. The van der Waals surface area contributed by atoms with Gasteiger partial charge in [-0.3, -0.25) is 14.8 Å². The zero-order valence-electron chi connectivity index (χ0n) is 13.9. The number of ether oxygens (including phenoxy) is 1. The molecule has 2 aromatic heterocycles. The molecule has 0 aromatic carbocycles. The van der Waals surface area contributed by atoms with Gasteiger partial charge in [0.25, 0.3) is 0 Å². The van der Waals surface area contributed by atoms with E-state index >= 15 is 0 Å². The lowest BCUT2D eigenvalue weighted by Gasteiger charge is -2.35. The van der Waals surface area contributed by atoms with Crippen molar-refractivity contribution in [3.05, 3.63) is 54.2 Å². The van der Waals surface area contributed by atoms with Gasteiger partial charge in [0.15, 0.2) is 0 Å². The number of furan rings is 1. The Balaban J connectivity index is 1.31. The number of nitrogens with zero attached hydrogens (tertiary/aromatic N) is 3. The normalized spacial score (nSPS) is 17.9. The highest BCUT2D eigenvalue weighted by atomic mass is 16.5. The molecule has 1 N–H and O–H groups in total. The molecule has 1 aliphatic rings. The predicted octanol–water partition coefficient (Wildman–Crippen LogP) is 1.37. The topological polar surface area (TPSA) is 62.0 Å². The van der Waals surface area contributed by atoms with Gasteiger partial charge in [-0.05, 0) is 29.8 Å². The van der Waals surface area contributed by atoms with E-state index in [0.29, 0.717) is 19.8 Å².